The Morgan fingerprint density at radius 2 is 1.76 bits per heavy atom. The molecule has 2 aliphatic rings. The molecule has 3 amide bonds. The Hall–Kier alpha value is -2.77. The van der Waals surface area contributed by atoms with Gasteiger partial charge in [0.1, 0.15) is 0 Å². The van der Waals surface area contributed by atoms with E-state index in [2.05, 4.69) is 15.6 Å². The van der Waals surface area contributed by atoms with Crippen molar-refractivity contribution < 1.29 is 9.59 Å². The first-order chi connectivity index (χ1) is 14.1. The lowest BCUT2D eigenvalue weighted by Gasteiger charge is -2.32. The molecule has 0 bridgehead atoms. The summed E-state index contributed by atoms with van der Waals surface area (Å²) < 4.78 is 1.81. The molecule has 0 unspecified atom stereocenters. The number of urea groups is 1. The molecule has 4 rings (SSSR count). The van der Waals surface area contributed by atoms with Crippen molar-refractivity contribution in [3.63, 3.8) is 0 Å². The van der Waals surface area contributed by atoms with Crippen LogP contribution in [-0.2, 0) is 4.79 Å². The fourth-order valence-electron chi connectivity index (χ4n) is 4.56. The third kappa shape index (κ3) is 4.46. The van der Waals surface area contributed by atoms with E-state index in [1.165, 1.54) is 6.42 Å². The Balaban J connectivity index is 1.27. The number of benzene rings is 1. The van der Waals surface area contributed by atoms with E-state index in [1.54, 1.807) is 4.90 Å². The van der Waals surface area contributed by atoms with Gasteiger partial charge in [-0.1, -0.05) is 31.4 Å². The van der Waals surface area contributed by atoms with E-state index in [4.69, 9.17) is 0 Å². The van der Waals surface area contributed by atoms with Crippen molar-refractivity contribution in [3.05, 3.63) is 34.7 Å². The number of rotatable bonds is 4. The van der Waals surface area contributed by atoms with Crippen LogP contribution >= 0.6 is 0 Å². The number of piperidine rings is 1. The van der Waals surface area contributed by atoms with Crippen molar-refractivity contribution in [2.75, 3.05) is 19.6 Å². The van der Waals surface area contributed by atoms with Gasteiger partial charge in [-0.2, -0.15) is 0 Å². The van der Waals surface area contributed by atoms with Crippen molar-refractivity contribution in [1.29, 1.82) is 0 Å². The SMILES string of the molecule is O=C(NCC(=O)N1CCC(n2c(=O)[nH]c3ccccc32)CC1)NC1CCCCC1. The van der Waals surface area contributed by atoms with Gasteiger partial charge in [-0.15, -0.1) is 0 Å². The van der Waals surface area contributed by atoms with Crippen molar-refractivity contribution in [2.45, 2.75) is 57.0 Å². The van der Waals surface area contributed by atoms with E-state index in [1.807, 2.05) is 28.8 Å². The molecule has 29 heavy (non-hydrogen) atoms. The molecule has 1 aliphatic carbocycles. The highest BCUT2D eigenvalue weighted by Gasteiger charge is 2.26. The predicted octanol–water partition coefficient (Wildman–Crippen LogP) is 2.12. The molecule has 1 aromatic heterocycles. The highest BCUT2D eigenvalue weighted by Crippen LogP contribution is 2.24. The van der Waals surface area contributed by atoms with Gasteiger partial charge in [0.15, 0.2) is 0 Å². The van der Waals surface area contributed by atoms with Crippen LogP contribution in [0.4, 0.5) is 4.79 Å². The smallest absolute Gasteiger partial charge is 0.326 e. The van der Waals surface area contributed by atoms with Gasteiger partial charge in [-0.25, -0.2) is 9.59 Å². The maximum absolute atomic E-state index is 12.5. The lowest BCUT2D eigenvalue weighted by molar-refractivity contribution is -0.131. The maximum Gasteiger partial charge on any atom is 0.326 e. The number of hydrogen-bond acceptors (Lipinski definition) is 3. The third-order valence-corrected chi connectivity index (χ3v) is 6.15. The van der Waals surface area contributed by atoms with E-state index in [9.17, 15) is 14.4 Å². The minimum Gasteiger partial charge on any atom is -0.341 e. The second-order valence-corrected chi connectivity index (χ2v) is 8.09. The molecule has 0 radical (unpaired) electrons. The molecule has 0 spiro atoms. The minimum atomic E-state index is -0.259. The molecular weight excluding hydrogens is 370 g/mol. The van der Waals surface area contributed by atoms with Crippen LogP contribution in [0.25, 0.3) is 11.0 Å². The quantitative estimate of drug-likeness (QED) is 0.734. The molecule has 3 N–H and O–H groups in total. The number of H-pyrrole nitrogens is 1. The number of hydrogen-bond donors (Lipinski definition) is 3. The summed E-state index contributed by atoms with van der Waals surface area (Å²) in [5.41, 5.74) is 1.64. The molecular formula is C21H29N5O3. The summed E-state index contributed by atoms with van der Waals surface area (Å²) >= 11 is 0. The van der Waals surface area contributed by atoms with E-state index >= 15 is 0 Å². The van der Waals surface area contributed by atoms with E-state index in [0.29, 0.717) is 13.1 Å². The summed E-state index contributed by atoms with van der Waals surface area (Å²) in [5.74, 6) is -0.0754. The Labute approximate surface area is 169 Å². The molecule has 2 fully saturated rings. The topological polar surface area (TPSA) is 99.2 Å². The molecule has 2 aromatic rings. The lowest BCUT2D eigenvalue weighted by Crippen LogP contribution is -2.48. The van der Waals surface area contributed by atoms with E-state index < -0.39 is 0 Å². The zero-order valence-corrected chi connectivity index (χ0v) is 16.7. The molecule has 8 nitrogen and oxygen atoms in total. The summed E-state index contributed by atoms with van der Waals surface area (Å²) in [6, 6.07) is 7.71. The molecule has 1 aliphatic heterocycles. The number of fused-ring (bicyclic) bond motifs is 1. The molecule has 2 heterocycles. The van der Waals surface area contributed by atoms with E-state index in [0.717, 1.165) is 49.6 Å². The van der Waals surface area contributed by atoms with Gasteiger partial charge in [-0.3, -0.25) is 9.36 Å². The molecule has 1 saturated carbocycles. The molecule has 1 aromatic carbocycles. The number of likely N-dealkylation sites (tertiary alicyclic amines) is 1. The van der Waals surface area contributed by atoms with Crippen LogP contribution in [0.15, 0.2) is 29.1 Å². The third-order valence-electron chi connectivity index (χ3n) is 6.15. The number of nitrogens with one attached hydrogen (secondary N) is 3. The first-order valence-corrected chi connectivity index (χ1v) is 10.6. The van der Waals surface area contributed by atoms with Crippen LogP contribution in [-0.4, -0.2) is 52.1 Å². The average molecular weight is 399 g/mol. The Bertz CT molecular complexity index is 920. The second kappa shape index (κ2) is 8.71. The fourth-order valence-corrected chi connectivity index (χ4v) is 4.56. The van der Waals surface area contributed by atoms with Crippen LogP contribution < -0.4 is 16.3 Å². The number of amides is 3. The number of aromatic amines is 1. The van der Waals surface area contributed by atoms with Crippen LogP contribution in [0, 0.1) is 0 Å². The van der Waals surface area contributed by atoms with E-state index in [-0.39, 0.29) is 36.3 Å². The van der Waals surface area contributed by atoms with Crippen LogP contribution in [0.3, 0.4) is 0 Å². The molecule has 8 heteroatoms. The zero-order chi connectivity index (χ0) is 20.2. The molecule has 156 valence electrons. The Kier molecular flexibility index (Phi) is 5.87. The minimum absolute atomic E-state index is 0.0102. The number of imidazole rings is 1. The van der Waals surface area contributed by atoms with Gasteiger partial charge in [0.05, 0.1) is 17.6 Å². The fraction of sp³-hybridized carbons (Fsp3) is 0.571. The summed E-state index contributed by atoms with van der Waals surface area (Å²) in [5, 5.41) is 5.66. The van der Waals surface area contributed by atoms with Crippen molar-refractivity contribution in [2.24, 2.45) is 0 Å². The van der Waals surface area contributed by atoms with Crippen molar-refractivity contribution in [3.8, 4) is 0 Å². The van der Waals surface area contributed by atoms with Gasteiger partial charge in [0.25, 0.3) is 0 Å². The first kappa shape index (κ1) is 19.5. The van der Waals surface area contributed by atoms with Gasteiger partial charge >= 0.3 is 11.7 Å². The average Bonchev–Trinajstić information content (AvgIpc) is 3.08. The Morgan fingerprint density at radius 3 is 2.52 bits per heavy atom. The van der Waals surface area contributed by atoms with Gasteiger partial charge < -0.3 is 20.5 Å². The lowest BCUT2D eigenvalue weighted by atomic mass is 9.96. The largest absolute Gasteiger partial charge is 0.341 e. The first-order valence-electron chi connectivity index (χ1n) is 10.6. The summed E-state index contributed by atoms with van der Waals surface area (Å²) in [4.78, 5) is 41.5. The number of carbonyl (C=O) groups excluding carboxylic acids is 2. The van der Waals surface area contributed by atoms with Gasteiger partial charge in [-0.05, 0) is 37.8 Å². The van der Waals surface area contributed by atoms with Crippen molar-refractivity contribution in [1.82, 2.24) is 25.1 Å². The number of nitrogens with zero attached hydrogens (tertiary/aromatic N) is 2. The number of aromatic nitrogens is 2. The monoisotopic (exact) mass is 399 g/mol. The van der Waals surface area contributed by atoms with Crippen LogP contribution in [0.5, 0.6) is 0 Å². The van der Waals surface area contributed by atoms with Crippen LogP contribution in [0.2, 0.25) is 0 Å². The zero-order valence-electron chi connectivity index (χ0n) is 16.7. The second-order valence-electron chi connectivity index (χ2n) is 8.09. The normalized spacial score (nSPS) is 18.7. The Morgan fingerprint density at radius 1 is 1.03 bits per heavy atom. The van der Waals surface area contributed by atoms with Gasteiger partial charge in [0.2, 0.25) is 5.91 Å². The molecule has 1 saturated heterocycles. The number of carbonyl (C=O) groups is 2. The highest BCUT2D eigenvalue weighted by molar-refractivity contribution is 5.84. The van der Waals surface area contributed by atoms with Crippen molar-refractivity contribution >= 4 is 23.0 Å². The predicted molar refractivity (Wildman–Crippen MR) is 111 cm³/mol. The summed E-state index contributed by atoms with van der Waals surface area (Å²) in [6.45, 7) is 1.18. The maximum atomic E-state index is 12.5. The molecule has 0 atom stereocenters. The highest BCUT2D eigenvalue weighted by atomic mass is 16.2. The van der Waals surface area contributed by atoms with Gasteiger partial charge in [0, 0.05) is 25.2 Å². The summed E-state index contributed by atoms with van der Waals surface area (Å²) in [7, 11) is 0. The number of para-hydroxylation sites is 2. The summed E-state index contributed by atoms with van der Waals surface area (Å²) in [6.07, 6.45) is 7.02. The van der Waals surface area contributed by atoms with Crippen LogP contribution in [0.1, 0.15) is 51.0 Å². The standard InChI is InChI=1S/C21H29N5O3/c27-19(14-22-20(28)23-15-6-2-1-3-7-15)25-12-10-16(11-13-25)26-18-9-5-4-8-17(18)24-21(26)29/h4-5,8-9,15-16H,1-3,6-7,10-14H2,(H,24,29)(H2,22,23,28).